The van der Waals surface area contributed by atoms with E-state index in [-0.39, 0.29) is 5.97 Å². The maximum Gasteiger partial charge on any atom is 0.337 e. The number of esters is 1. The number of nitrogens with zero attached hydrogens (tertiary/aromatic N) is 1. The van der Waals surface area contributed by atoms with Gasteiger partial charge >= 0.3 is 5.97 Å². The van der Waals surface area contributed by atoms with Crippen molar-refractivity contribution in [1.82, 2.24) is 4.90 Å². The molecule has 0 unspecified atom stereocenters. The number of likely N-dealkylation sites (N-methyl/N-ethyl adjacent to an activating group) is 1. The zero-order chi connectivity index (χ0) is 14.3. The number of rotatable bonds is 7. The topological polar surface area (TPSA) is 29.5 Å². The van der Waals surface area contributed by atoms with E-state index in [9.17, 15) is 4.79 Å². The van der Waals surface area contributed by atoms with E-state index in [4.69, 9.17) is 4.74 Å². The van der Waals surface area contributed by atoms with Crippen molar-refractivity contribution in [2.75, 3.05) is 27.2 Å². The van der Waals surface area contributed by atoms with E-state index in [1.54, 1.807) is 6.07 Å². The first-order valence-corrected chi connectivity index (χ1v) is 7.42. The van der Waals surface area contributed by atoms with E-state index in [1.807, 2.05) is 6.07 Å². The van der Waals surface area contributed by atoms with Gasteiger partial charge in [-0.25, -0.2) is 4.79 Å². The van der Waals surface area contributed by atoms with Crippen LogP contribution in [0.15, 0.2) is 22.7 Å². The van der Waals surface area contributed by atoms with E-state index in [0.717, 1.165) is 29.5 Å². The van der Waals surface area contributed by atoms with Crippen LogP contribution in [-0.4, -0.2) is 38.1 Å². The predicted octanol–water partition coefficient (Wildman–Crippen LogP) is 3.51. The fourth-order valence-electron chi connectivity index (χ4n) is 1.89. The fraction of sp³-hybridized carbons (Fsp3) is 0.533. The molecule has 0 spiro atoms. The van der Waals surface area contributed by atoms with Crippen LogP contribution in [0, 0.1) is 0 Å². The second kappa shape index (κ2) is 8.33. The second-order valence-electron chi connectivity index (χ2n) is 4.75. The largest absolute Gasteiger partial charge is 0.465 e. The van der Waals surface area contributed by atoms with Gasteiger partial charge in [0.2, 0.25) is 0 Å². The van der Waals surface area contributed by atoms with Crippen LogP contribution in [0.25, 0.3) is 0 Å². The lowest BCUT2D eigenvalue weighted by Gasteiger charge is -2.16. The fourth-order valence-corrected chi connectivity index (χ4v) is 2.43. The lowest BCUT2D eigenvalue weighted by atomic mass is 10.1. The minimum atomic E-state index is -0.290. The smallest absolute Gasteiger partial charge is 0.337 e. The summed E-state index contributed by atoms with van der Waals surface area (Å²) in [5.74, 6) is -0.290. The SMILES string of the molecule is CCCCN(C)CCc1cc(Br)cc(C(=O)OC)c1. The third kappa shape index (κ3) is 5.74. The Labute approximate surface area is 124 Å². The summed E-state index contributed by atoms with van der Waals surface area (Å²) < 4.78 is 5.67. The molecule has 0 aliphatic carbocycles. The Morgan fingerprint density at radius 1 is 1.32 bits per heavy atom. The number of carbonyl (C=O) groups is 1. The van der Waals surface area contributed by atoms with Gasteiger partial charge in [-0.3, -0.25) is 0 Å². The summed E-state index contributed by atoms with van der Waals surface area (Å²) in [6.07, 6.45) is 3.37. The molecule has 1 rings (SSSR count). The van der Waals surface area contributed by atoms with Crippen LogP contribution in [0.2, 0.25) is 0 Å². The maximum absolute atomic E-state index is 11.5. The number of carbonyl (C=O) groups excluding carboxylic acids is 1. The molecule has 3 nitrogen and oxygen atoms in total. The van der Waals surface area contributed by atoms with Gasteiger partial charge in [0.25, 0.3) is 0 Å². The predicted molar refractivity (Wildman–Crippen MR) is 81.6 cm³/mol. The average molecular weight is 328 g/mol. The first-order valence-electron chi connectivity index (χ1n) is 6.63. The van der Waals surface area contributed by atoms with Crippen LogP contribution in [0.1, 0.15) is 35.7 Å². The Kier molecular flexibility index (Phi) is 7.10. The molecule has 106 valence electrons. The van der Waals surface area contributed by atoms with Gasteiger partial charge in [0.15, 0.2) is 0 Å². The van der Waals surface area contributed by atoms with Gasteiger partial charge < -0.3 is 9.64 Å². The van der Waals surface area contributed by atoms with Crippen molar-refractivity contribution in [3.05, 3.63) is 33.8 Å². The molecule has 0 aliphatic heterocycles. The number of methoxy groups -OCH3 is 1. The van der Waals surface area contributed by atoms with Crippen LogP contribution in [0.4, 0.5) is 0 Å². The Bertz CT molecular complexity index is 421. The van der Waals surface area contributed by atoms with Crippen molar-refractivity contribution in [2.45, 2.75) is 26.2 Å². The highest BCUT2D eigenvalue weighted by molar-refractivity contribution is 9.10. The molecule has 0 N–H and O–H groups in total. The number of ether oxygens (including phenoxy) is 1. The van der Waals surface area contributed by atoms with Crippen molar-refractivity contribution in [3.8, 4) is 0 Å². The van der Waals surface area contributed by atoms with Gasteiger partial charge in [-0.05, 0) is 50.2 Å². The molecule has 0 bridgehead atoms. The number of hydrogen-bond donors (Lipinski definition) is 0. The van der Waals surface area contributed by atoms with Crippen LogP contribution in [0.3, 0.4) is 0 Å². The summed E-state index contributed by atoms with van der Waals surface area (Å²) >= 11 is 3.44. The first kappa shape index (κ1) is 16.2. The molecule has 0 atom stereocenters. The summed E-state index contributed by atoms with van der Waals surface area (Å²) in [5.41, 5.74) is 1.75. The molecule has 0 amide bonds. The van der Waals surface area contributed by atoms with Crippen molar-refractivity contribution in [1.29, 1.82) is 0 Å². The highest BCUT2D eigenvalue weighted by Gasteiger charge is 2.08. The Morgan fingerprint density at radius 2 is 2.05 bits per heavy atom. The van der Waals surface area contributed by atoms with Crippen molar-refractivity contribution in [2.24, 2.45) is 0 Å². The lowest BCUT2D eigenvalue weighted by Crippen LogP contribution is -2.22. The van der Waals surface area contributed by atoms with Crippen molar-refractivity contribution in [3.63, 3.8) is 0 Å². The second-order valence-corrected chi connectivity index (χ2v) is 5.66. The zero-order valence-electron chi connectivity index (χ0n) is 11.9. The van der Waals surface area contributed by atoms with Gasteiger partial charge in [-0.1, -0.05) is 29.3 Å². The van der Waals surface area contributed by atoms with E-state index in [2.05, 4.69) is 40.9 Å². The summed E-state index contributed by atoms with van der Waals surface area (Å²) in [4.78, 5) is 13.9. The lowest BCUT2D eigenvalue weighted by molar-refractivity contribution is 0.0600. The summed E-state index contributed by atoms with van der Waals surface area (Å²) in [7, 11) is 3.54. The van der Waals surface area contributed by atoms with E-state index in [0.29, 0.717) is 5.56 Å². The van der Waals surface area contributed by atoms with Gasteiger partial charge in [0, 0.05) is 11.0 Å². The molecular weight excluding hydrogens is 306 g/mol. The molecule has 0 aliphatic rings. The Balaban J connectivity index is 2.63. The summed E-state index contributed by atoms with van der Waals surface area (Å²) in [6, 6.07) is 5.75. The maximum atomic E-state index is 11.5. The van der Waals surface area contributed by atoms with E-state index >= 15 is 0 Å². The van der Waals surface area contributed by atoms with Crippen LogP contribution < -0.4 is 0 Å². The van der Waals surface area contributed by atoms with Gasteiger partial charge in [-0.15, -0.1) is 0 Å². The highest BCUT2D eigenvalue weighted by atomic mass is 79.9. The summed E-state index contributed by atoms with van der Waals surface area (Å²) in [5, 5.41) is 0. The molecule has 0 heterocycles. The Hall–Kier alpha value is -0.870. The van der Waals surface area contributed by atoms with Crippen LogP contribution in [0.5, 0.6) is 0 Å². The first-order chi connectivity index (χ1) is 9.06. The number of unbranched alkanes of at least 4 members (excludes halogenated alkanes) is 1. The number of hydrogen-bond acceptors (Lipinski definition) is 3. The molecule has 4 heteroatoms. The monoisotopic (exact) mass is 327 g/mol. The number of halogens is 1. The quantitative estimate of drug-likeness (QED) is 0.718. The number of benzene rings is 1. The van der Waals surface area contributed by atoms with Gasteiger partial charge in [0.05, 0.1) is 12.7 Å². The molecule has 1 aromatic carbocycles. The third-order valence-electron chi connectivity index (χ3n) is 3.05. The Morgan fingerprint density at radius 3 is 2.68 bits per heavy atom. The van der Waals surface area contributed by atoms with Crippen LogP contribution >= 0.6 is 15.9 Å². The standard InChI is InChI=1S/C15H22BrNO2/c1-4-5-7-17(2)8-6-12-9-13(15(18)19-3)11-14(16)10-12/h9-11H,4-8H2,1-3H3. The average Bonchev–Trinajstić information content (AvgIpc) is 2.41. The minimum Gasteiger partial charge on any atom is -0.465 e. The molecule has 0 fully saturated rings. The minimum absolute atomic E-state index is 0.290. The molecule has 0 radical (unpaired) electrons. The molecule has 1 aromatic rings. The molecule has 0 saturated carbocycles. The molecule has 0 aromatic heterocycles. The van der Waals surface area contributed by atoms with Crippen molar-refractivity contribution >= 4 is 21.9 Å². The van der Waals surface area contributed by atoms with Gasteiger partial charge in [0.1, 0.15) is 0 Å². The molecule has 19 heavy (non-hydrogen) atoms. The van der Waals surface area contributed by atoms with Crippen molar-refractivity contribution < 1.29 is 9.53 Å². The zero-order valence-corrected chi connectivity index (χ0v) is 13.5. The summed E-state index contributed by atoms with van der Waals surface area (Å²) in [6.45, 7) is 4.32. The van der Waals surface area contributed by atoms with Crippen LogP contribution in [-0.2, 0) is 11.2 Å². The third-order valence-corrected chi connectivity index (χ3v) is 3.51. The highest BCUT2D eigenvalue weighted by Crippen LogP contribution is 2.17. The molecule has 0 saturated heterocycles. The molecular formula is C15H22BrNO2. The normalized spacial score (nSPS) is 10.8. The van der Waals surface area contributed by atoms with E-state index in [1.165, 1.54) is 20.0 Å². The van der Waals surface area contributed by atoms with E-state index < -0.39 is 0 Å². The van der Waals surface area contributed by atoms with Gasteiger partial charge in [-0.2, -0.15) is 0 Å².